The van der Waals surface area contributed by atoms with Crippen LogP contribution in [0.15, 0.2) is 18.2 Å². The van der Waals surface area contributed by atoms with Crippen molar-refractivity contribution in [1.29, 1.82) is 0 Å². The summed E-state index contributed by atoms with van der Waals surface area (Å²) >= 11 is 7.67. The molecule has 1 heterocycles. The molecule has 4 heteroatoms. The molecule has 86 valence electrons. The van der Waals surface area contributed by atoms with E-state index in [1.165, 1.54) is 4.70 Å². The van der Waals surface area contributed by atoms with Gasteiger partial charge in [0.1, 0.15) is 5.01 Å². The molecular weight excluding hydrogens is 240 g/mol. The van der Waals surface area contributed by atoms with Gasteiger partial charge in [0, 0.05) is 5.02 Å². The van der Waals surface area contributed by atoms with Gasteiger partial charge in [-0.25, -0.2) is 4.98 Å². The van der Waals surface area contributed by atoms with Crippen LogP contribution in [0.25, 0.3) is 10.2 Å². The fourth-order valence-corrected chi connectivity index (χ4v) is 2.88. The summed E-state index contributed by atoms with van der Waals surface area (Å²) in [7, 11) is 0. The number of halogens is 1. The molecule has 0 fully saturated rings. The molecule has 0 spiro atoms. The Morgan fingerprint density at radius 2 is 2.19 bits per heavy atom. The number of rotatable bonds is 3. The maximum absolute atomic E-state index is 5.95. The van der Waals surface area contributed by atoms with Crippen LogP contribution >= 0.6 is 22.9 Å². The highest BCUT2D eigenvalue weighted by Gasteiger charge is 2.23. The summed E-state index contributed by atoms with van der Waals surface area (Å²) in [5.41, 5.74) is 0.906. The molecular formula is C12H15ClN2S. The van der Waals surface area contributed by atoms with Crippen LogP contribution in [0, 0.1) is 0 Å². The van der Waals surface area contributed by atoms with Crippen LogP contribution in [0.2, 0.25) is 5.02 Å². The third-order valence-electron chi connectivity index (χ3n) is 2.50. The first-order chi connectivity index (χ1) is 7.53. The zero-order valence-electron chi connectivity index (χ0n) is 9.67. The van der Waals surface area contributed by atoms with Crippen LogP contribution < -0.4 is 5.32 Å². The summed E-state index contributed by atoms with van der Waals surface area (Å²) in [6.45, 7) is 7.33. The highest BCUT2D eigenvalue weighted by atomic mass is 35.5. The molecule has 0 saturated heterocycles. The predicted molar refractivity (Wildman–Crippen MR) is 71.3 cm³/mol. The number of nitrogens with zero attached hydrogens (tertiary/aromatic N) is 1. The number of nitrogens with one attached hydrogen (secondary N) is 1. The van der Waals surface area contributed by atoms with E-state index in [1.54, 1.807) is 11.3 Å². The number of hydrogen-bond donors (Lipinski definition) is 1. The van der Waals surface area contributed by atoms with Gasteiger partial charge in [0.25, 0.3) is 0 Å². The summed E-state index contributed by atoms with van der Waals surface area (Å²) in [5.74, 6) is 0. The molecule has 0 atom stereocenters. The van der Waals surface area contributed by atoms with Crippen molar-refractivity contribution < 1.29 is 0 Å². The molecule has 2 nitrogen and oxygen atoms in total. The van der Waals surface area contributed by atoms with Crippen LogP contribution in [0.4, 0.5) is 0 Å². The molecule has 0 amide bonds. The molecule has 2 aromatic rings. The third-order valence-corrected chi connectivity index (χ3v) is 4.10. The van der Waals surface area contributed by atoms with E-state index >= 15 is 0 Å². The van der Waals surface area contributed by atoms with Crippen molar-refractivity contribution in [2.24, 2.45) is 0 Å². The summed E-state index contributed by atoms with van der Waals surface area (Å²) in [6.07, 6.45) is 0. The zero-order valence-corrected chi connectivity index (χ0v) is 11.2. The average Bonchev–Trinajstić information content (AvgIpc) is 2.61. The molecule has 1 aromatic carbocycles. The smallest absolute Gasteiger partial charge is 0.113 e. The first-order valence-corrected chi connectivity index (χ1v) is 6.54. The Labute approximate surface area is 105 Å². The lowest BCUT2D eigenvalue weighted by Crippen LogP contribution is -2.36. The van der Waals surface area contributed by atoms with Crippen LogP contribution in [0.5, 0.6) is 0 Å². The normalized spacial score (nSPS) is 12.2. The first-order valence-electron chi connectivity index (χ1n) is 5.34. The Bertz CT molecular complexity index is 505. The van der Waals surface area contributed by atoms with E-state index in [1.807, 2.05) is 18.2 Å². The first kappa shape index (κ1) is 11.8. The minimum atomic E-state index is -0.0785. The van der Waals surface area contributed by atoms with Crippen LogP contribution in [-0.4, -0.2) is 11.5 Å². The van der Waals surface area contributed by atoms with Crippen molar-refractivity contribution in [1.82, 2.24) is 10.3 Å². The SMILES string of the molecule is CCNC(C)(C)c1nc2cc(Cl)ccc2s1. The fraction of sp³-hybridized carbons (Fsp3) is 0.417. The number of hydrogen-bond acceptors (Lipinski definition) is 3. The molecule has 0 aliphatic rings. The van der Waals surface area contributed by atoms with Gasteiger partial charge in [-0.1, -0.05) is 18.5 Å². The lowest BCUT2D eigenvalue weighted by Gasteiger charge is -2.22. The number of aromatic nitrogens is 1. The molecule has 1 aromatic heterocycles. The summed E-state index contributed by atoms with van der Waals surface area (Å²) in [6, 6.07) is 5.85. The minimum absolute atomic E-state index is 0.0785. The molecule has 0 radical (unpaired) electrons. The van der Waals surface area contributed by atoms with Crippen LogP contribution in [0.1, 0.15) is 25.8 Å². The van der Waals surface area contributed by atoms with Crippen molar-refractivity contribution in [3.8, 4) is 0 Å². The van der Waals surface area contributed by atoms with E-state index in [9.17, 15) is 0 Å². The second-order valence-electron chi connectivity index (χ2n) is 4.29. The van der Waals surface area contributed by atoms with E-state index in [0.717, 1.165) is 22.1 Å². The fourth-order valence-electron chi connectivity index (χ4n) is 1.69. The van der Waals surface area contributed by atoms with E-state index in [4.69, 9.17) is 11.6 Å². The van der Waals surface area contributed by atoms with Gasteiger partial charge in [-0.05, 0) is 38.6 Å². The Balaban J connectivity index is 2.46. The summed E-state index contributed by atoms with van der Waals surface area (Å²) in [5, 5.41) is 5.27. The topological polar surface area (TPSA) is 24.9 Å². The van der Waals surface area contributed by atoms with E-state index < -0.39 is 0 Å². The third kappa shape index (κ3) is 2.21. The van der Waals surface area contributed by atoms with Crippen molar-refractivity contribution in [3.05, 3.63) is 28.2 Å². The van der Waals surface area contributed by atoms with Crippen molar-refractivity contribution in [2.75, 3.05) is 6.54 Å². The monoisotopic (exact) mass is 254 g/mol. The van der Waals surface area contributed by atoms with Gasteiger partial charge in [0.05, 0.1) is 15.8 Å². The molecule has 0 saturated carbocycles. The van der Waals surface area contributed by atoms with Gasteiger partial charge < -0.3 is 5.32 Å². The van der Waals surface area contributed by atoms with Crippen molar-refractivity contribution >= 4 is 33.2 Å². The Hall–Kier alpha value is -0.640. The lowest BCUT2D eigenvalue weighted by molar-refractivity contribution is 0.414. The second kappa shape index (κ2) is 4.32. The molecule has 1 N–H and O–H groups in total. The largest absolute Gasteiger partial charge is 0.306 e. The van der Waals surface area contributed by atoms with Gasteiger partial charge in [0.15, 0.2) is 0 Å². The quantitative estimate of drug-likeness (QED) is 0.901. The van der Waals surface area contributed by atoms with Gasteiger partial charge in [-0.15, -0.1) is 11.3 Å². The maximum Gasteiger partial charge on any atom is 0.113 e. The molecule has 0 bridgehead atoms. The molecule has 0 aliphatic heterocycles. The highest BCUT2D eigenvalue weighted by Crippen LogP contribution is 2.31. The molecule has 16 heavy (non-hydrogen) atoms. The van der Waals surface area contributed by atoms with Gasteiger partial charge in [0.2, 0.25) is 0 Å². The number of benzene rings is 1. The summed E-state index contributed by atoms with van der Waals surface area (Å²) in [4.78, 5) is 4.64. The van der Waals surface area contributed by atoms with Crippen molar-refractivity contribution in [3.63, 3.8) is 0 Å². The standard InChI is InChI=1S/C12H15ClN2S/c1-4-14-12(2,3)11-15-9-7-8(13)5-6-10(9)16-11/h5-7,14H,4H2,1-3H3. The minimum Gasteiger partial charge on any atom is -0.306 e. The highest BCUT2D eigenvalue weighted by molar-refractivity contribution is 7.18. The maximum atomic E-state index is 5.95. The van der Waals surface area contributed by atoms with Crippen molar-refractivity contribution in [2.45, 2.75) is 26.3 Å². The van der Waals surface area contributed by atoms with Gasteiger partial charge >= 0.3 is 0 Å². The average molecular weight is 255 g/mol. The Kier molecular flexibility index (Phi) is 3.19. The number of thiazole rings is 1. The Morgan fingerprint density at radius 1 is 1.44 bits per heavy atom. The summed E-state index contributed by atoms with van der Waals surface area (Å²) < 4.78 is 1.19. The second-order valence-corrected chi connectivity index (χ2v) is 5.75. The van der Waals surface area contributed by atoms with E-state index in [0.29, 0.717) is 0 Å². The van der Waals surface area contributed by atoms with Gasteiger partial charge in [-0.3, -0.25) is 0 Å². The van der Waals surface area contributed by atoms with Gasteiger partial charge in [-0.2, -0.15) is 0 Å². The Morgan fingerprint density at radius 3 is 2.88 bits per heavy atom. The molecule has 2 rings (SSSR count). The van der Waals surface area contributed by atoms with E-state index in [-0.39, 0.29) is 5.54 Å². The molecule has 0 unspecified atom stereocenters. The van der Waals surface area contributed by atoms with Crippen LogP contribution in [0.3, 0.4) is 0 Å². The predicted octanol–water partition coefficient (Wildman–Crippen LogP) is 3.79. The lowest BCUT2D eigenvalue weighted by atomic mass is 10.1. The van der Waals surface area contributed by atoms with Crippen LogP contribution in [-0.2, 0) is 5.54 Å². The van der Waals surface area contributed by atoms with E-state index in [2.05, 4.69) is 31.1 Å². The zero-order chi connectivity index (χ0) is 11.8. The molecule has 0 aliphatic carbocycles. The number of fused-ring (bicyclic) bond motifs is 1.